The molecule has 1 saturated heterocycles. The predicted octanol–water partition coefficient (Wildman–Crippen LogP) is 2.88. The van der Waals surface area contributed by atoms with Crippen LogP contribution in [0.5, 0.6) is 0 Å². The number of amides is 2. The van der Waals surface area contributed by atoms with Crippen LogP contribution in [0.2, 0.25) is 0 Å². The SMILES string of the molecule is CCC1SC(=S)N(CC(=O)Nc2cc(C)cc(C)c2)C1=O. The average Bonchev–Trinajstić information content (AvgIpc) is 2.64. The first kappa shape index (κ1) is 16.0. The monoisotopic (exact) mass is 322 g/mol. The van der Waals surface area contributed by atoms with Crippen molar-refractivity contribution in [1.82, 2.24) is 4.90 Å². The van der Waals surface area contributed by atoms with E-state index < -0.39 is 0 Å². The zero-order valence-corrected chi connectivity index (χ0v) is 13.9. The van der Waals surface area contributed by atoms with Crippen LogP contribution >= 0.6 is 24.0 Å². The molecule has 1 aromatic carbocycles. The van der Waals surface area contributed by atoms with Gasteiger partial charge in [0.1, 0.15) is 10.9 Å². The smallest absolute Gasteiger partial charge is 0.244 e. The Morgan fingerprint density at radius 1 is 1.33 bits per heavy atom. The Morgan fingerprint density at radius 2 is 1.95 bits per heavy atom. The molecular formula is C15H18N2O2S2. The number of carbonyl (C=O) groups is 2. The van der Waals surface area contributed by atoms with E-state index in [0.29, 0.717) is 4.32 Å². The molecule has 1 N–H and O–H groups in total. The van der Waals surface area contributed by atoms with E-state index in [0.717, 1.165) is 23.2 Å². The second-order valence-electron chi connectivity index (χ2n) is 5.13. The third-order valence-electron chi connectivity index (χ3n) is 3.18. The summed E-state index contributed by atoms with van der Waals surface area (Å²) in [7, 11) is 0. The van der Waals surface area contributed by atoms with Crippen molar-refractivity contribution in [3.05, 3.63) is 29.3 Å². The van der Waals surface area contributed by atoms with Crippen LogP contribution in [-0.4, -0.2) is 32.8 Å². The number of benzene rings is 1. The lowest BCUT2D eigenvalue weighted by atomic mass is 10.1. The molecule has 6 heteroatoms. The second-order valence-corrected chi connectivity index (χ2v) is 6.97. The first-order valence-electron chi connectivity index (χ1n) is 6.81. The molecule has 4 nitrogen and oxygen atoms in total. The van der Waals surface area contributed by atoms with Crippen molar-refractivity contribution in [1.29, 1.82) is 0 Å². The number of nitrogens with one attached hydrogen (secondary N) is 1. The Labute approximate surface area is 134 Å². The average molecular weight is 322 g/mol. The highest BCUT2D eigenvalue weighted by atomic mass is 32.2. The molecule has 2 amide bonds. The van der Waals surface area contributed by atoms with E-state index in [1.54, 1.807) is 0 Å². The van der Waals surface area contributed by atoms with Crippen LogP contribution in [0.3, 0.4) is 0 Å². The quantitative estimate of drug-likeness (QED) is 0.866. The maximum absolute atomic E-state index is 12.1. The third kappa shape index (κ3) is 3.83. The number of rotatable bonds is 4. The maximum atomic E-state index is 12.1. The number of hydrogen-bond donors (Lipinski definition) is 1. The number of thiocarbonyl (C=S) groups is 1. The fourth-order valence-electron chi connectivity index (χ4n) is 2.29. The van der Waals surface area contributed by atoms with E-state index >= 15 is 0 Å². The molecule has 1 aliphatic heterocycles. The molecule has 0 spiro atoms. The Kier molecular flexibility index (Phi) is 5.00. The summed E-state index contributed by atoms with van der Waals surface area (Å²) in [6.07, 6.45) is 0.721. The highest BCUT2D eigenvalue weighted by Gasteiger charge is 2.36. The van der Waals surface area contributed by atoms with Gasteiger partial charge in [0.05, 0.1) is 5.25 Å². The molecule has 1 fully saturated rings. The molecule has 1 aromatic rings. The van der Waals surface area contributed by atoms with Gasteiger partial charge in [0, 0.05) is 5.69 Å². The van der Waals surface area contributed by atoms with Gasteiger partial charge in [-0.25, -0.2) is 0 Å². The zero-order valence-electron chi connectivity index (χ0n) is 12.3. The fourth-order valence-corrected chi connectivity index (χ4v) is 3.71. The van der Waals surface area contributed by atoms with Crippen LogP contribution in [0.25, 0.3) is 0 Å². The largest absolute Gasteiger partial charge is 0.325 e. The Morgan fingerprint density at radius 3 is 2.48 bits per heavy atom. The number of carbonyl (C=O) groups excluding carboxylic acids is 2. The van der Waals surface area contributed by atoms with Gasteiger partial charge in [-0.1, -0.05) is 37.0 Å². The van der Waals surface area contributed by atoms with Crippen molar-refractivity contribution in [2.24, 2.45) is 0 Å². The Hall–Kier alpha value is -1.40. The summed E-state index contributed by atoms with van der Waals surface area (Å²) in [4.78, 5) is 25.6. The van der Waals surface area contributed by atoms with E-state index in [9.17, 15) is 9.59 Å². The summed E-state index contributed by atoms with van der Waals surface area (Å²) in [6, 6.07) is 5.84. The van der Waals surface area contributed by atoms with Crippen molar-refractivity contribution in [3.63, 3.8) is 0 Å². The molecule has 1 atom stereocenters. The number of hydrogen-bond acceptors (Lipinski definition) is 4. The molecule has 0 saturated carbocycles. The molecule has 0 radical (unpaired) electrons. The van der Waals surface area contributed by atoms with E-state index in [-0.39, 0.29) is 23.6 Å². The van der Waals surface area contributed by atoms with E-state index in [4.69, 9.17) is 12.2 Å². The molecule has 1 aliphatic rings. The summed E-state index contributed by atoms with van der Waals surface area (Å²) in [5.41, 5.74) is 2.91. The van der Waals surface area contributed by atoms with E-state index in [1.807, 2.05) is 39.0 Å². The third-order valence-corrected chi connectivity index (χ3v) is 4.93. The molecule has 1 unspecified atom stereocenters. The lowest BCUT2D eigenvalue weighted by Gasteiger charge is -2.15. The summed E-state index contributed by atoms with van der Waals surface area (Å²) >= 11 is 6.54. The standard InChI is InChI=1S/C15H18N2O2S2/c1-4-12-14(19)17(15(20)21-12)8-13(18)16-11-6-9(2)5-10(3)7-11/h5-7,12H,4,8H2,1-3H3,(H,16,18). The highest BCUT2D eigenvalue weighted by Crippen LogP contribution is 2.29. The second kappa shape index (κ2) is 6.58. The summed E-state index contributed by atoms with van der Waals surface area (Å²) < 4.78 is 0.488. The molecule has 0 bridgehead atoms. The topological polar surface area (TPSA) is 49.4 Å². The highest BCUT2D eigenvalue weighted by molar-refractivity contribution is 8.24. The van der Waals surface area contributed by atoms with Crippen molar-refractivity contribution >= 4 is 45.8 Å². The molecule has 0 aromatic heterocycles. The summed E-state index contributed by atoms with van der Waals surface area (Å²) in [5, 5.41) is 2.68. The van der Waals surface area contributed by atoms with Gasteiger partial charge in [-0.3, -0.25) is 14.5 Å². The van der Waals surface area contributed by atoms with Crippen molar-refractivity contribution in [3.8, 4) is 0 Å². The normalized spacial score (nSPS) is 18.2. The van der Waals surface area contributed by atoms with Crippen LogP contribution in [0, 0.1) is 13.8 Å². The van der Waals surface area contributed by atoms with Gasteiger partial charge in [0.25, 0.3) is 0 Å². The van der Waals surface area contributed by atoms with Gasteiger partial charge in [0.15, 0.2) is 0 Å². The zero-order chi connectivity index (χ0) is 15.6. The van der Waals surface area contributed by atoms with Gasteiger partial charge in [0.2, 0.25) is 11.8 Å². The molecule has 0 aliphatic carbocycles. The van der Waals surface area contributed by atoms with Gasteiger partial charge >= 0.3 is 0 Å². The first-order chi connectivity index (χ1) is 9.90. The van der Waals surface area contributed by atoms with Gasteiger partial charge in [-0.15, -0.1) is 0 Å². The predicted molar refractivity (Wildman–Crippen MR) is 90.5 cm³/mol. The number of anilines is 1. The molecule has 2 rings (SSSR count). The molecule has 112 valence electrons. The Bertz CT molecular complexity index is 581. The van der Waals surface area contributed by atoms with E-state index in [1.165, 1.54) is 16.7 Å². The van der Waals surface area contributed by atoms with E-state index in [2.05, 4.69) is 5.32 Å². The minimum atomic E-state index is -0.229. The first-order valence-corrected chi connectivity index (χ1v) is 8.09. The van der Waals surface area contributed by atoms with Crippen molar-refractivity contribution in [2.75, 3.05) is 11.9 Å². The molecule has 21 heavy (non-hydrogen) atoms. The van der Waals surface area contributed by atoms with Crippen LogP contribution in [0.1, 0.15) is 24.5 Å². The van der Waals surface area contributed by atoms with Gasteiger partial charge < -0.3 is 5.32 Å². The Balaban J connectivity index is 2.02. The van der Waals surface area contributed by atoms with Crippen LogP contribution in [-0.2, 0) is 9.59 Å². The maximum Gasteiger partial charge on any atom is 0.244 e. The lowest BCUT2D eigenvalue weighted by Crippen LogP contribution is -2.38. The minimum Gasteiger partial charge on any atom is -0.325 e. The molecule has 1 heterocycles. The summed E-state index contributed by atoms with van der Waals surface area (Å²) in [5.74, 6) is -0.295. The molecular weight excluding hydrogens is 304 g/mol. The van der Waals surface area contributed by atoms with Crippen LogP contribution in [0.4, 0.5) is 5.69 Å². The van der Waals surface area contributed by atoms with Gasteiger partial charge in [-0.05, 0) is 43.5 Å². The van der Waals surface area contributed by atoms with Crippen molar-refractivity contribution < 1.29 is 9.59 Å². The summed E-state index contributed by atoms with van der Waals surface area (Å²) in [6.45, 7) is 5.87. The number of nitrogens with zero attached hydrogens (tertiary/aromatic N) is 1. The number of aryl methyl sites for hydroxylation is 2. The minimum absolute atomic E-state index is 0.0197. The van der Waals surface area contributed by atoms with Crippen LogP contribution in [0.15, 0.2) is 18.2 Å². The number of thioether (sulfide) groups is 1. The van der Waals surface area contributed by atoms with Crippen LogP contribution < -0.4 is 5.32 Å². The van der Waals surface area contributed by atoms with Gasteiger partial charge in [-0.2, -0.15) is 0 Å². The lowest BCUT2D eigenvalue weighted by molar-refractivity contribution is -0.129. The fraction of sp³-hybridized carbons (Fsp3) is 0.400. The van der Waals surface area contributed by atoms with Crippen molar-refractivity contribution in [2.45, 2.75) is 32.4 Å².